The third-order valence-electron chi connectivity index (χ3n) is 5.73. The van der Waals surface area contributed by atoms with E-state index in [0.717, 1.165) is 9.79 Å². The average molecular weight is 706 g/mol. The molecular weight excluding hydrogens is 677 g/mol. The molecule has 0 heterocycles. The number of carbonyl (C=O) groups excluding carboxylic acids is 2. The fraction of sp³-hybridized carbons (Fsp3) is 0.0625. The van der Waals surface area contributed by atoms with Gasteiger partial charge in [-0.2, -0.15) is 0 Å². The van der Waals surface area contributed by atoms with E-state index < -0.39 is 17.9 Å². The van der Waals surface area contributed by atoms with Crippen LogP contribution in [0.1, 0.15) is 11.1 Å². The van der Waals surface area contributed by atoms with Crippen LogP contribution in [-0.4, -0.2) is 45.7 Å². The quantitative estimate of drug-likeness (QED) is 0.0963. The topological polar surface area (TPSA) is 133 Å². The van der Waals surface area contributed by atoms with Crippen LogP contribution in [0.3, 0.4) is 0 Å². The van der Waals surface area contributed by atoms with Crippen molar-refractivity contribution in [3.8, 4) is 0 Å². The van der Waals surface area contributed by atoms with Gasteiger partial charge in [0.25, 0.3) is 0 Å². The third kappa shape index (κ3) is 11.7. The molecule has 4 aromatic rings. The van der Waals surface area contributed by atoms with Crippen molar-refractivity contribution in [3.63, 3.8) is 0 Å². The first-order valence-corrected chi connectivity index (χ1v) is 15.6. The maximum Gasteiger partial charge on any atom is 0.338 e. The van der Waals surface area contributed by atoms with E-state index in [-0.39, 0.29) is 18.9 Å². The van der Waals surface area contributed by atoms with Crippen molar-refractivity contribution in [2.45, 2.75) is 19.6 Å². The van der Waals surface area contributed by atoms with Crippen LogP contribution in [0.15, 0.2) is 117 Å². The number of hydrogen-bond acceptors (Lipinski definition) is 6. The SMILES string of the molecule is NC(=O)N(O)CC=Cc1c(F)cccc1Sc1ccc(Cl)cc1.NC(=O)N(O)CC=Cc1cccc(F)c1Sc1ccc(Cl)cc1. The smallest absolute Gasteiger partial charge is 0.338 e. The molecule has 4 amide bonds. The van der Waals surface area contributed by atoms with Crippen LogP contribution in [-0.2, 0) is 0 Å². The number of halogens is 4. The molecule has 6 N–H and O–H groups in total. The van der Waals surface area contributed by atoms with Crippen LogP contribution < -0.4 is 11.5 Å². The zero-order chi connectivity index (χ0) is 33.6. The van der Waals surface area contributed by atoms with Gasteiger partial charge in [0, 0.05) is 30.3 Å². The molecule has 0 aliphatic rings. The lowest BCUT2D eigenvalue weighted by Crippen LogP contribution is -2.32. The van der Waals surface area contributed by atoms with E-state index in [1.54, 1.807) is 66.7 Å². The van der Waals surface area contributed by atoms with Gasteiger partial charge in [0.15, 0.2) is 0 Å². The second-order valence-electron chi connectivity index (χ2n) is 9.07. The van der Waals surface area contributed by atoms with E-state index >= 15 is 0 Å². The zero-order valence-corrected chi connectivity index (χ0v) is 27.0. The summed E-state index contributed by atoms with van der Waals surface area (Å²) in [7, 11) is 0. The molecule has 0 radical (unpaired) electrons. The fourth-order valence-electron chi connectivity index (χ4n) is 3.51. The molecule has 0 aliphatic carbocycles. The highest BCUT2D eigenvalue weighted by Gasteiger charge is 2.10. The van der Waals surface area contributed by atoms with Crippen molar-refractivity contribution >= 4 is 70.9 Å². The second-order valence-corrected chi connectivity index (χ2v) is 12.1. The highest BCUT2D eigenvalue weighted by atomic mass is 35.5. The number of hydroxylamine groups is 4. The number of nitrogens with zero attached hydrogens (tertiary/aromatic N) is 2. The van der Waals surface area contributed by atoms with Crippen LogP contribution in [0.5, 0.6) is 0 Å². The van der Waals surface area contributed by atoms with Gasteiger partial charge < -0.3 is 11.5 Å². The van der Waals surface area contributed by atoms with Gasteiger partial charge in [-0.05, 0) is 72.3 Å². The van der Waals surface area contributed by atoms with Crippen LogP contribution in [0, 0.1) is 11.6 Å². The minimum absolute atomic E-state index is 0.0864. The number of carbonyl (C=O) groups is 2. The Labute approximate surface area is 282 Å². The molecule has 0 aliphatic heterocycles. The predicted octanol–water partition coefficient (Wildman–Crippen LogP) is 8.83. The van der Waals surface area contributed by atoms with Gasteiger partial charge in [-0.25, -0.2) is 28.5 Å². The molecule has 8 nitrogen and oxygen atoms in total. The van der Waals surface area contributed by atoms with Crippen molar-refractivity contribution in [1.82, 2.24) is 10.1 Å². The lowest BCUT2D eigenvalue weighted by molar-refractivity contribution is -0.0286. The second kappa shape index (κ2) is 18.2. The van der Waals surface area contributed by atoms with Crippen molar-refractivity contribution < 1.29 is 28.8 Å². The van der Waals surface area contributed by atoms with E-state index in [4.69, 9.17) is 34.7 Å². The molecule has 0 fully saturated rings. The Morgan fingerprint density at radius 1 is 0.696 bits per heavy atom. The molecule has 0 saturated carbocycles. The van der Waals surface area contributed by atoms with Crippen molar-refractivity contribution in [2.75, 3.05) is 13.1 Å². The monoisotopic (exact) mass is 704 g/mol. The maximum absolute atomic E-state index is 14.1. The lowest BCUT2D eigenvalue weighted by atomic mass is 10.2. The molecule has 4 rings (SSSR count). The van der Waals surface area contributed by atoms with E-state index in [1.165, 1.54) is 53.9 Å². The Morgan fingerprint density at radius 3 is 1.72 bits per heavy atom. The molecule has 0 aromatic heterocycles. The van der Waals surface area contributed by atoms with E-state index in [9.17, 15) is 28.8 Å². The Morgan fingerprint density at radius 2 is 1.17 bits per heavy atom. The predicted molar refractivity (Wildman–Crippen MR) is 178 cm³/mol. The highest BCUT2D eigenvalue weighted by Crippen LogP contribution is 2.34. The average Bonchev–Trinajstić information content (AvgIpc) is 3.02. The first kappa shape index (κ1) is 36.4. The Bertz CT molecular complexity index is 1700. The number of amides is 4. The summed E-state index contributed by atoms with van der Waals surface area (Å²) in [6.07, 6.45) is 6.09. The van der Waals surface area contributed by atoms with Gasteiger partial charge in [-0.15, -0.1) is 0 Å². The lowest BCUT2D eigenvalue weighted by Gasteiger charge is -2.09. The number of hydrogen-bond donors (Lipinski definition) is 4. The summed E-state index contributed by atoms with van der Waals surface area (Å²) in [5.41, 5.74) is 10.8. The molecule has 0 spiro atoms. The van der Waals surface area contributed by atoms with E-state index in [0.29, 0.717) is 41.1 Å². The molecule has 46 heavy (non-hydrogen) atoms. The molecule has 14 heteroatoms. The van der Waals surface area contributed by atoms with Gasteiger partial charge >= 0.3 is 12.1 Å². The molecular formula is C32H28Cl2F2N4O4S2. The largest absolute Gasteiger partial charge is 0.350 e. The van der Waals surface area contributed by atoms with Gasteiger partial charge in [0.05, 0.1) is 18.0 Å². The molecule has 0 atom stereocenters. The maximum atomic E-state index is 14.1. The standard InChI is InChI=1S/2C16H14ClFN2O2S/c17-11-6-8-12(9-7-11)23-15-5-1-4-14(18)13(15)3-2-10-20(22)16(19)21;17-12-6-8-13(9-7-12)23-15-11(3-1-5-14(15)18)4-2-10-20(22)16(19)21/h2*1-9,22H,10H2,(H2,19,21). The van der Waals surface area contributed by atoms with Gasteiger partial charge in [-0.3, -0.25) is 10.4 Å². The third-order valence-corrected chi connectivity index (χ3v) is 8.46. The van der Waals surface area contributed by atoms with Gasteiger partial charge in [0.1, 0.15) is 11.6 Å². The van der Waals surface area contributed by atoms with E-state index in [2.05, 4.69) is 0 Å². The Kier molecular flexibility index (Phi) is 14.4. The number of rotatable bonds is 10. The van der Waals surface area contributed by atoms with Crippen LogP contribution in [0.2, 0.25) is 10.0 Å². The molecule has 0 saturated heterocycles. The first-order chi connectivity index (χ1) is 21.9. The minimum atomic E-state index is -0.973. The van der Waals surface area contributed by atoms with Crippen molar-refractivity contribution in [2.24, 2.45) is 11.5 Å². The Balaban J connectivity index is 0.000000250. The van der Waals surface area contributed by atoms with Gasteiger partial charge in [-0.1, -0.05) is 89.2 Å². The summed E-state index contributed by atoms with van der Waals surface area (Å²) < 4.78 is 28.2. The Hall–Kier alpha value is -4.04. The highest BCUT2D eigenvalue weighted by molar-refractivity contribution is 7.99. The van der Waals surface area contributed by atoms with Crippen molar-refractivity contribution in [1.29, 1.82) is 0 Å². The molecule has 240 valence electrons. The molecule has 0 bridgehead atoms. The number of primary amides is 2. The zero-order valence-electron chi connectivity index (χ0n) is 23.9. The summed E-state index contributed by atoms with van der Waals surface area (Å²) in [5.74, 6) is -0.758. The fourth-order valence-corrected chi connectivity index (χ4v) is 5.64. The van der Waals surface area contributed by atoms with Crippen LogP contribution in [0.4, 0.5) is 18.4 Å². The van der Waals surface area contributed by atoms with E-state index in [1.807, 2.05) is 12.1 Å². The number of urea groups is 2. The minimum Gasteiger partial charge on any atom is -0.350 e. The first-order valence-electron chi connectivity index (χ1n) is 13.2. The summed E-state index contributed by atoms with van der Waals surface area (Å²) in [6.45, 7) is -0.217. The van der Waals surface area contributed by atoms with Gasteiger partial charge in [0.2, 0.25) is 0 Å². The molecule has 0 unspecified atom stereocenters. The number of nitrogens with two attached hydrogens (primary N) is 2. The number of benzene rings is 4. The summed E-state index contributed by atoms with van der Waals surface area (Å²) >= 11 is 14.3. The summed E-state index contributed by atoms with van der Waals surface area (Å²) in [4.78, 5) is 24.3. The summed E-state index contributed by atoms with van der Waals surface area (Å²) in [5, 5.41) is 20.3. The van der Waals surface area contributed by atoms with Crippen LogP contribution >= 0.6 is 46.7 Å². The summed E-state index contributed by atoms with van der Waals surface area (Å²) in [6, 6.07) is 21.8. The normalized spacial score (nSPS) is 10.9. The van der Waals surface area contributed by atoms with Crippen molar-refractivity contribution in [3.05, 3.63) is 130 Å². The van der Waals surface area contributed by atoms with Crippen LogP contribution in [0.25, 0.3) is 12.2 Å². The molecule has 4 aromatic carbocycles.